The molecule has 0 bridgehead atoms. The van der Waals surface area contributed by atoms with Gasteiger partial charge in [0.05, 0.1) is 0 Å². The Hall–Kier alpha value is 18.9. The molecule has 336 valence electrons. The van der Waals surface area contributed by atoms with Gasteiger partial charge in [0, 0.05) is 609 Å². The van der Waals surface area contributed by atoms with Crippen LogP contribution in [0.2, 0.25) is 0 Å². The first-order chi connectivity index (χ1) is 18.9. The van der Waals surface area contributed by atoms with Gasteiger partial charge in [0.2, 0.25) is 0 Å². The molecule has 0 aliphatic carbocycles. The van der Waals surface area contributed by atoms with Crippen molar-refractivity contribution in [1.29, 1.82) is 0 Å². The molecule has 0 atom stereocenters. The molecule has 1 nitrogen and oxygen atoms in total. The van der Waals surface area contributed by atoms with E-state index in [2.05, 4.69) is 120 Å². The van der Waals surface area contributed by atoms with Gasteiger partial charge in [-0.3, -0.25) is 0 Å². The summed E-state index contributed by atoms with van der Waals surface area (Å²) in [7, 11) is 4.24. The van der Waals surface area contributed by atoms with Crippen LogP contribution in [-0.4, -0.2) is 14.1 Å². The van der Waals surface area contributed by atoms with Crippen molar-refractivity contribution in [3.63, 3.8) is 0 Å². The second-order valence-corrected chi connectivity index (χ2v) is 10.3. The van der Waals surface area contributed by atoms with Gasteiger partial charge in [0.25, 0.3) is 0 Å². The summed E-state index contributed by atoms with van der Waals surface area (Å²) in [6.45, 7) is 46.8. The summed E-state index contributed by atoms with van der Waals surface area (Å²) in [5.74, 6) is 3.50. The largest absolute Gasteiger partial charge is 0.377 e. The van der Waals surface area contributed by atoms with E-state index in [1.165, 1.54) is 36.1 Å². The van der Waals surface area contributed by atoms with Crippen LogP contribution in [0.3, 0.4) is 0 Å². The van der Waals surface area contributed by atoms with Crippen molar-refractivity contribution in [2.24, 2.45) is 23.7 Å². The Morgan fingerprint density at radius 2 is 0.468 bits per heavy atom. The Morgan fingerprint density at radius 1 is 0.339 bits per heavy atom. The first kappa shape index (κ1) is 199. The maximum atomic E-state index is 2.26. The monoisotopic (exact) mass is 2230 g/mol. The van der Waals surface area contributed by atoms with Crippen molar-refractivity contribution < 1.29 is 589 Å². The Balaban J connectivity index is -0.00000000687. The molecule has 0 spiro atoms. The fourth-order valence-corrected chi connectivity index (χ4v) is 3.68. The van der Waals surface area contributed by atoms with Gasteiger partial charge in [-0.25, -0.2) is 0 Å². The zero-order valence-corrected chi connectivity index (χ0v) is 99.0. The molecule has 18 radical (unpaired) electrons. The van der Waals surface area contributed by atoms with E-state index in [1.807, 2.05) is 69.2 Å². The first-order valence-corrected chi connectivity index (χ1v) is 17.6. The van der Waals surface area contributed by atoms with Crippen LogP contribution in [-0.2, 0) is 602 Å². The number of hydrogen-bond acceptors (Lipinski definition) is 1. The smallest absolute Gasteiger partial charge is 0.0425 e. The van der Waals surface area contributed by atoms with E-state index in [4.69, 9.17) is 0 Å². The Labute approximate surface area is 856 Å². The minimum absolute atomic E-state index is 0. The van der Waals surface area contributed by atoms with Gasteiger partial charge in [-0.05, 0) is 60.5 Å². The summed E-state index contributed by atoms with van der Waals surface area (Å²) in [5.41, 5.74) is 4.31. The third kappa shape index (κ3) is 200. The van der Waals surface area contributed by atoms with Crippen molar-refractivity contribution in [2.45, 2.75) is 184 Å². The van der Waals surface area contributed by atoms with Gasteiger partial charge >= 0.3 is 0 Å². The molecule has 1 aromatic carbocycles. The molecule has 62 heavy (non-hydrogen) atoms. The van der Waals surface area contributed by atoms with Gasteiger partial charge in [-0.2, -0.15) is 0 Å². The number of aryl methyl sites for hydroxylation is 2. The Bertz CT molecular complexity index is 475. The topological polar surface area (TPSA) is 3.24 Å². The fraction of sp³-hybridized carbons (Fsp3) is 0.767. The molecule has 19 heteroatoms. The third-order valence-corrected chi connectivity index (χ3v) is 4.30. The first-order valence-electron chi connectivity index (χ1n) is 17.6. The van der Waals surface area contributed by atoms with E-state index < -0.39 is 0 Å². The van der Waals surface area contributed by atoms with Crippen LogP contribution in [0.1, 0.15) is 183 Å². The second kappa shape index (κ2) is 192. The second-order valence-electron chi connectivity index (χ2n) is 10.3. The fourth-order valence-electron chi connectivity index (χ4n) is 3.68. The minimum Gasteiger partial charge on any atom is -0.377 e. The Morgan fingerprint density at radius 3 is 0.532 bits per heavy atom. The van der Waals surface area contributed by atoms with Crippen LogP contribution in [0.4, 0.5) is 5.69 Å². The van der Waals surface area contributed by atoms with E-state index in [1.54, 1.807) is 0 Å². The maximum Gasteiger partial charge on any atom is 0.0425 e. The van der Waals surface area contributed by atoms with Gasteiger partial charge in [-0.15, -0.1) is 0 Å². The molecule has 0 amide bonds. The summed E-state index contributed by atoms with van der Waals surface area (Å²) in [6.07, 6.45) is 6.20. The molecule has 0 aliphatic rings. The van der Waals surface area contributed by atoms with Crippen LogP contribution < -0.4 is 4.90 Å². The molecule has 1 aromatic rings. The number of hydrogen-bond donors (Lipinski definition) is 0. The van der Waals surface area contributed by atoms with Crippen LogP contribution in [0.15, 0.2) is 18.2 Å². The van der Waals surface area contributed by atoms with Gasteiger partial charge in [-0.1, -0.05) is 177 Å². The SMILES string of the molecule is CC.CC.CC.CC.CC.CC(C)CC(C)C.CC(C)CC(C)C.CCC.CCc1cccc(CC)c1N(C)C.[CH3-].[CH3-].[CH3-].[CH3-].[Y].[Y].[Y].[Y].[Y].[Y].[Y].[Y].[Y].[Y].[Y].[Y].[Y].[Y].[Y].[Y].[Y].[Y]. The quantitative estimate of drug-likeness (QED) is 0.246. The molecular weight excluding hydrogens is 2130 g/mol. The van der Waals surface area contributed by atoms with Crippen LogP contribution >= 0.6 is 0 Å². The zero-order chi connectivity index (χ0) is 34.3. The number of anilines is 1. The predicted octanol–water partition coefficient (Wildman–Crippen LogP) is 16.6. The van der Waals surface area contributed by atoms with E-state index in [9.17, 15) is 0 Å². The van der Waals surface area contributed by atoms with Gasteiger partial charge in [0.1, 0.15) is 0 Å². The normalized spacial score (nSPS) is 5.42. The minimum atomic E-state index is 0. The molecule has 0 unspecified atom stereocenters. The predicted molar refractivity (Wildman–Crippen MR) is 226 cm³/mol. The number of para-hydroxylation sites is 1. The maximum absolute atomic E-state index is 2.26. The summed E-state index contributed by atoms with van der Waals surface area (Å²) in [6, 6.07) is 6.59. The molecule has 0 fully saturated rings. The van der Waals surface area contributed by atoms with Gasteiger partial charge in [0.15, 0.2) is 0 Å². The molecular formula is C43H101NY18-4. The molecule has 0 saturated heterocycles. The molecule has 0 saturated carbocycles. The standard InChI is InChI=1S/C12H19N.2C7H16.C3H8.5C2H6.4CH3.18Y/c1-5-10-8-7-9-11(6-2)12(10)13(3)4;2*1-6(2)5-7(3)4;1-3-2;5*1-2;;;;;;;;;;;;;;;;;;;;;;/h7-9H,5-6H2,1-4H3;2*6-7H,5H2,1-4H3;3H2,1-2H3;5*1-2H3;4*1H3;;;;;;;;;;;;;;;;;;/q;;;;;;;;;4*-1;;;;;;;;;;;;;;;;;;. The molecule has 1 rings (SSSR count). The van der Waals surface area contributed by atoms with E-state index in [-0.39, 0.29) is 618 Å². The summed E-state index contributed by atoms with van der Waals surface area (Å²) >= 11 is 0. The zero-order valence-electron chi connectivity index (χ0n) is 47.9. The van der Waals surface area contributed by atoms with Crippen molar-refractivity contribution in [3.05, 3.63) is 59.0 Å². The number of rotatable bonds is 7. The average molecular weight is 2230 g/mol. The molecule has 0 aliphatic heterocycles. The van der Waals surface area contributed by atoms with Crippen molar-refractivity contribution in [3.8, 4) is 0 Å². The van der Waals surface area contributed by atoms with Crippen molar-refractivity contribution in [2.75, 3.05) is 19.0 Å². The summed E-state index contributed by atoms with van der Waals surface area (Å²) in [5, 5.41) is 0. The van der Waals surface area contributed by atoms with Crippen LogP contribution in [0.25, 0.3) is 0 Å². The average Bonchev–Trinajstić information content (AvgIpc) is 2.93. The summed E-state index contributed by atoms with van der Waals surface area (Å²) < 4.78 is 0. The van der Waals surface area contributed by atoms with E-state index >= 15 is 0 Å². The third-order valence-electron chi connectivity index (χ3n) is 4.30. The number of nitrogens with zero attached hydrogens (tertiary/aromatic N) is 1. The van der Waals surface area contributed by atoms with Crippen molar-refractivity contribution in [1.82, 2.24) is 0 Å². The van der Waals surface area contributed by atoms with Gasteiger partial charge < -0.3 is 34.6 Å². The Kier molecular flexibility index (Phi) is 617. The van der Waals surface area contributed by atoms with Crippen LogP contribution in [0.5, 0.6) is 0 Å². The molecule has 0 N–H and O–H groups in total. The molecule has 0 aromatic heterocycles. The van der Waals surface area contributed by atoms with E-state index in [0.29, 0.717) is 0 Å². The molecule has 0 heterocycles. The van der Waals surface area contributed by atoms with Crippen molar-refractivity contribution >= 4 is 5.69 Å². The number of benzene rings is 1. The summed E-state index contributed by atoms with van der Waals surface area (Å²) in [4.78, 5) is 2.22. The van der Waals surface area contributed by atoms with Crippen LogP contribution in [0, 0.1) is 53.4 Å². The van der Waals surface area contributed by atoms with E-state index in [0.717, 1.165) is 36.5 Å².